The summed E-state index contributed by atoms with van der Waals surface area (Å²) in [6, 6.07) is 0. The van der Waals surface area contributed by atoms with E-state index in [2.05, 4.69) is 16.1 Å². The lowest BCUT2D eigenvalue weighted by Crippen LogP contribution is -2.66. The van der Waals surface area contributed by atoms with Crippen molar-refractivity contribution in [2.45, 2.75) is 30.4 Å². The molecule has 1 heterocycles. The minimum Gasteiger partial charge on any atom is -0.402 e. The van der Waals surface area contributed by atoms with E-state index in [9.17, 15) is 25.2 Å². The molecule has 17 heavy (non-hydrogen) atoms. The molecule has 8 heteroatoms. The monoisotopic (exact) mass is 250 g/mol. The van der Waals surface area contributed by atoms with Gasteiger partial charge in [0.05, 0.1) is 6.61 Å². The number of carbonyl (C=O) groups excluding carboxylic acids is 1. The molecule has 1 aliphatic rings. The molecule has 5 atom stereocenters. The van der Waals surface area contributed by atoms with Gasteiger partial charge in [0.15, 0.2) is 6.10 Å². The third-order valence-electron chi connectivity index (χ3n) is 2.34. The highest BCUT2D eigenvalue weighted by Crippen LogP contribution is 2.29. The van der Waals surface area contributed by atoms with E-state index in [1.165, 1.54) is 0 Å². The Labute approximate surface area is 96.3 Å². The van der Waals surface area contributed by atoms with E-state index in [4.69, 9.17) is 5.11 Å². The molecular weight excluding hydrogens is 236 g/mol. The second-order valence-electron chi connectivity index (χ2n) is 3.52. The molecule has 0 aromatic carbocycles. The Morgan fingerprint density at radius 2 is 2.00 bits per heavy atom. The first-order chi connectivity index (χ1) is 7.85. The van der Waals surface area contributed by atoms with Gasteiger partial charge in [0.2, 0.25) is 0 Å². The van der Waals surface area contributed by atoms with Crippen LogP contribution in [0.1, 0.15) is 0 Å². The fraction of sp³-hybridized carbons (Fsp3) is 0.667. The van der Waals surface area contributed by atoms with E-state index in [0.29, 0.717) is 6.08 Å². The van der Waals surface area contributed by atoms with Crippen LogP contribution in [0.15, 0.2) is 12.7 Å². The van der Waals surface area contributed by atoms with Gasteiger partial charge >= 0.3 is 11.9 Å². The maximum atomic E-state index is 10.9. The van der Waals surface area contributed by atoms with Crippen LogP contribution in [0.2, 0.25) is 0 Å². The first kappa shape index (κ1) is 14.0. The van der Waals surface area contributed by atoms with Crippen molar-refractivity contribution >= 4 is 5.97 Å². The molecule has 0 saturated carbocycles. The Morgan fingerprint density at radius 1 is 1.41 bits per heavy atom. The van der Waals surface area contributed by atoms with Crippen molar-refractivity contribution in [3.8, 4) is 0 Å². The number of carbonyl (C=O) groups is 1. The molecular formula is C9H14O8. The van der Waals surface area contributed by atoms with Crippen LogP contribution < -0.4 is 0 Å². The van der Waals surface area contributed by atoms with Crippen LogP contribution in [0, 0.1) is 0 Å². The molecule has 0 spiro atoms. The molecule has 1 saturated heterocycles. The SMILES string of the molecule is C=CC(=O)O[C@@]1(O)O[C@H](CO)[C@H](O)[C@H](O)[C@H]1O. The van der Waals surface area contributed by atoms with Crippen LogP contribution in [-0.2, 0) is 14.3 Å². The molecule has 5 N–H and O–H groups in total. The third kappa shape index (κ3) is 2.63. The minimum atomic E-state index is -2.85. The van der Waals surface area contributed by atoms with Crippen molar-refractivity contribution < 1.29 is 39.8 Å². The number of hydrogen-bond acceptors (Lipinski definition) is 8. The first-order valence-corrected chi connectivity index (χ1v) is 4.76. The van der Waals surface area contributed by atoms with Gasteiger partial charge in [0, 0.05) is 6.08 Å². The van der Waals surface area contributed by atoms with Gasteiger partial charge in [-0.2, -0.15) is 0 Å². The molecule has 0 aromatic heterocycles. The van der Waals surface area contributed by atoms with Crippen LogP contribution in [0.3, 0.4) is 0 Å². The molecule has 1 aliphatic heterocycles. The summed E-state index contributed by atoms with van der Waals surface area (Å²) in [5.41, 5.74) is 0. The van der Waals surface area contributed by atoms with Gasteiger partial charge < -0.3 is 35.0 Å². The number of aliphatic hydroxyl groups is 5. The van der Waals surface area contributed by atoms with Crippen molar-refractivity contribution in [1.82, 2.24) is 0 Å². The molecule has 1 rings (SSSR count). The van der Waals surface area contributed by atoms with E-state index >= 15 is 0 Å². The third-order valence-corrected chi connectivity index (χ3v) is 2.34. The number of aliphatic hydroxyl groups excluding tert-OH is 4. The highest BCUT2D eigenvalue weighted by atomic mass is 16.8. The molecule has 0 aliphatic carbocycles. The Hall–Kier alpha value is -1.03. The van der Waals surface area contributed by atoms with E-state index < -0.39 is 43.0 Å². The molecule has 1 fully saturated rings. The highest BCUT2D eigenvalue weighted by molar-refractivity contribution is 5.81. The van der Waals surface area contributed by atoms with Gasteiger partial charge in [-0.15, -0.1) is 0 Å². The lowest BCUT2D eigenvalue weighted by molar-refractivity contribution is -0.433. The lowest BCUT2D eigenvalue weighted by Gasteiger charge is -2.43. The van der Waals surface area contributed by atoms with Crippen LogP contribution >= 0.6 is 0 Å². The summed E-state index contributed by atoms with van der Waals surface area (Å²) in [6.45, 7) is 2.32. The average Bonchev–Trinajstić information content (AvgIpc) is 2.31. The van der Waals surface area contributed by atoms with E-state index in [1.54, 1.807) is 0 Å². The van der Waals surface area contributed by atoms with Crippen LogP contribution in [-0.4, -0.2) is 68.5 Å². The van der Waals surface area contributed by atoms with Gasteiger partial charge in [-0.05, 0) is 0 Å². The zero-order chi connectivity index (χ0) is 13.2. The summed E-state index contributed by atoms with van der Waals surface area (Å²) in [6.07, 6.45) is -6.25. The Balaban J connectivity index is 2.90. The van der Waals surface area contributed by atoms with Crippen molar-refractivity contribution in [3.05, 3.63) is 12.7 Å². The summed E-state index contributed by atoms with van der Waals surface area (Å²) in [7, 11) is 0. The van der Waals surface area contributed by atoms with E-state index in [0.717, 1.165) is 0 Å². The zero-order valence-electron chi connectivity index (χ0n) is 8.76. The predicted molar refractivity (Wildman–Crippen MR) is 51.2 cm³/mol. The van der Waals surface area contributed by atoms with Gasteiger partial charge in [-0.25, -0.2) is 4.79 Å². The second-order valence-corrected chi connectivity index (χ2v) is 3.52. The minimum absolute atomic E-state index is 0.708. The molecule has 0 aromatic rings. The van der Waals surface area contributed by atoms with E-state index in [-0.39, 0.29) is 0 Å². The normalized spacial score (nSPS) is 41.9. The maximum absolute atomic E-state index is 10.9. The Kier molecular flexibility index (Phi) is 4.20. The van der Waals surface area contributed by atoms with Gasteiger partial charge in [0.25, 0.3) is 0 Å². The van der Waals surface area contributed by atoms with Gasteiger partial charge in [-0.1, -0.05) is 6.58 Å². The molecule has 0 unspecified atom stereocenters. The van der Waals surface area contributed by atoms with Crippen molar-refractivity contribution in [2.24, 2.45) is 0 Å². The highest BCUT2D eigenvalue weighted by Gasteiger charge is 2.55. The Morgan fingerprint density at radius 3 is 2.47 bits per heavy atom. The fourth-order valence-electron chi connectivity index (χ4n) is 1.39. The molecule has 8 nitrogen and oxygen atoms in total. The van der Waals surface area contributed by atoms with Crippen LogP contribution in [0.25, 0.3) is 0 Å². The zero-order valence-corrected chi connectivity index (χ0v) is 8.76. The standard InChI is InChI=1S/C9H14O8/c1-2-5(11)17-9(15)8(14)7(13)6(12)4(3-10)16-9/h2,4,6-8,10,12-15H,1,3H2/t4-,6+,7+,8-,9+/m1/s1. The van der Waals surface area contributed by atoms with Gasteiger partial charge in [0.1, 0.15) is 18.3 Å². The topological polar surface area (TPSA) is 137 Å². The Bertz CT molecular complexity index is 303. The first-order valence-electron chi connectivity index (χ1n) is 4.76. The average molecular weight is 250 g/mol. The largest absolute Gasteiger partial charge is 0.402 e. The van der Waals surface area contributed by atoms with Crippen molar-refractivity contribution in [1.29, 1.82) is 0 Å². The maximum Gasteiger partial charge on any atom is 0.357 e. The predicted octanol–water partition coefficient (Wildman–Crippen LogP) is -3.16. The molecule has 0 amide bonds. The number of esters is 1. The summed E-state index contributed by atoms with van der Waals surface area (Å²) < 4.78 is 8.98. The molecule has 98 valence electrons. The van der Waals surface area contributed by atoms with E-state index in [1.807, 2.05) is 0 Å². The quantitative estimate of drug-likeness (QED) is 0.201. The van der Waals surface area contributed by atoms with Gasteiger partial charge in [-0.3, -0.25) is 0 Å². The molecule has 0 radical (unpaired) electrons. The number of hydrogen-bond donors (Lipinski definition) is 5. The van der Waals surface area contributed by atoms with Crippen molar-refractivity contribution in [2.75, 3.05) is 6.61 Å². The summed E-state index contributed by atoms with van der Waals surface area (Å²) >= 11 is 0. The number of ether oxygens (including phenoxy) is 2. The summed E-state index contributed by atoms with van der Waals surface area (Å²) in [5.74, 6) is -3.95. The second kappa shape index (κ2) is 5.08. The fourth-order valence-corrected chi connectivity index (χ4v) is 1.39. The van der Waals surface area contributed by atoms with Crippen molar-refractivity contribution in [3.63, 3.8) is 0 Å². The van der Waals surface area contributed by atoms with Crippen LogP contribution in [0.5, 0.6) is 0 Å². The smallest absolute Gasteiger partial charge is 0.357 e. The summed E-state index contributed by atoms with van der Waals surface area (Å²) in [4.78, 5) is 10.9. The van der Waals surface area contributed by atoms with Crippen LogP contribution in [0.4, 0.5) is 0 Å². The molecule has 0 bridgehead atoms. The number of rotatable bonds is 3. The lowest BCUT2D eigenvalue weighted by atomic mass is 9.98. The summed E-state index contributed by atoms with van der Waals surface area (Å²) in [5, 5.41) is 46.7.